The molecule has 0 aromatic carbocycles. The number of carbonyl (C=O) groups excluding carboxylic acids is 2. The first kappa shape index (κ1) is 20.7. The highest BCUT2D eigenvalue weighted by Gasteiger charge is 2.28. The van der Waals surface area contributed by atoms with Gasteiger partial charge in [-0.2, -0.15) is 0 Å². The van der Waals surface area contributed by atoms with Crippen LogP contribution in [0.1, 0.15) is 46.9 Å². The van der Waals surface area contributed by atoms with Crippen molar-refractivity contribution in [3.8, 4) is 0 Å². The number of aromatic nitrogens is 2. The third kappa shape index (κ3) is 5.98. The van der Waals surface area contributed by atoms with E-state index >= 15 is 0 Å². The molecule has 0 aliphatic carbocycles. The maximum Gasteiger partial charge on any atom is 0.408 e. The van der Waals surface area contributed by atoms with E-state index in [0.29, 0.717) is 13.0 Å². The summed E-state index contributed by atoms with van der Waals surface area (Å²) in [6.07, 6.45) is 4.54. The van der Waals surface area contributed by atoms with Crippen LogP contribution in [0.25, 0.3) is 5.52 Å². The van der Waals surface area contributed by atoms with Crippen LogP contribution in [0.2, 0.25) is 0 Å². The molecular formula is C20H30N4O3. The predicted octanol–water partition coefficient (Wildman–Crippen LogP) is 2.93. The summed E-state index contributed by atoms with van der Waals surface area (Å²) in [6, 6.07) is 5.25. The number of hydrogen-bond donors (Lipinski definition) is 2. The molecule has 27 heavy (non-hydrogen) atoms. The first-order chi connectivity index (χ1) is 12.7. The zero-order valence-electron chi connectivity index (χ0n) is 16.8. The van der Waals surface area contributed by atoms with Gasteiger partial charge in [0.25, 0.3) is 0 Å². The average Bonchev–Trinajstić information content (AvgIpc) is 3.00. The van der Waals surface area contributed by atoms with Gasteiger partial charge in [0, 0.05) is 19.2 Å². The maximum atomic E-state index is 12.6. The summed E-state index contributed by atoms with van der Waals surface area (Å²) in [5, 5.41) is 5.61. The number of hydrogen-bond acceptors (Lipinski definition) is 4. The minimum Gasteiger partial charge on any atom is -0.444 e. The van der Waals surface area contributed by atoms with E-state index < -0.39 is 17.7 Å². The van der Waals surface area contributed by atoms with Crippen LogP contribution in [0.5, 0.6) is 0 Å². The Kier molecular flexibility index (Phi) is 6.82. The van der Waals surface area contributed by atoms with E-state index in [1.54, 1.807) is 20.8 Å². The first-order valence-corrected chi connectivity index (χ1v) is 9.39. The molecule has 2 aromatic rings. The molecule has 0 saturated heterocycles. The van der Waals surface area contributed by atoms with E-state index in [0.717, 1.165) is 17.8 Å². The van der Waals surface area contributed by atoms with Crippen LogP contribution in [0, 0.1) is 5.92 Å². The molecule has 0 bridgehead atoms. The molecule has 2 rings (SSSR count). The second-order valence-corrected chi connectivity index (χ2v) is 7.72. The Balaban J connectivity index is 1.94. The Labute approximate surface area is 160 Å². The smallest absolute Gasteiger partial charge is 0.408 e. The van der Waals surface area contributed by atoms with E-state index in [2.05, 4.69) is 15.6 Å². The molecule has 2 amide bonds. The van der Waals surface area contributed by atoms with Gasteiger partial charge in [0.1, 0.15) is 17.5 Å². The lowest BCUT2D eigenvalue weighted by Gasteiger charge is -2.26. The summed E-state index contributed by atoms with van der Waals surface area (Å²) in [6.45, 7) is 9.73. The number of nitrogens with zero attached hydrogens (tertiary/aromatic N) is 2. The van der Waals surface area contributed by atoms with E-state index in [1.165, 1.54) is 0 Å². The molecule has 0 fully saturated rings. The summed E-state index contributed by atoms with van der Waals surface area (Å²) in [4.78, 5) is 29.1. The lowest BCUT2D eigenvalue weighted by atomic mass is 9.98. The minimum absolute atomic E-state index is 0.00947. The Morgan fingerprint density at radius 1 is 1.30 bits per heavy atom. The third-order valence-electron chi connectivity index (χ3n) is 4.33. The number of amides is 2. The molecule has 0 aliphatic heterocycles. The fourth-order valence-electron chi connectivity index (χ4n) is 2.73. The SMILES string of the molecule is CCC(C)C(NC(=O)OC(C)(C)C)C(=O)NCCc1ncc2ccccn12. The monoisotopic (exact) mass is 374 g/mol. The molecule has 2 aromatic heterocycles. The lowest BCUT2D eigenvalue weighted by molar-refractivity contribution is -0.124. The summed E-state index contributed by atoms with van der Waals surface area (Å²) in [7, 11) is 0. The quantitative estimate of drug-likeness (QED) is 0.780. The highest BCUT2D eigenvalue weighted by atomic mass is 16.6. The Bertz CT molecular complexity index is 779. The third-order valence-corrected chi connectivity index (χ3v) is 4.33. The van der Waals surface area contributed by atoms with Gasteiger partial charge in [-0.3, -0.25) is 4.79 Å². The van der Waals surface area contributed by atoms with Gasteiger partial charge < -0.3 is 19.8 Å². The summed E-state index contributed by atoms with van der Waals surface area (Å²) in [5.74, 6) is 0.659. The van der Waals surface area contributed by atoms with E-state index in [1.807, 2.05) is 48.8 Å². The predicted molar refractivity (Wildman–Crippen MR) is 105 cm³/mol. The molecule has 2 atom stereocenters. The molecule has 7 heteroatoms. The number of ether oxygens (including phenoxy) is 1. The van der Waals surface area contributed by atoms with Gasteiger partial charge in [-0.15, -0.1) is 0 Å². The lowest BCUT2D eigenvalue weighted by Crippen LogP contribution is -2.51. The Morgan fingerprint density at radius 2 is 2.04 bits per heavy atom. The van der Waals surface area contributed by atoms with Crippen molar-refractivity contribution < 1.29 is 14.3 Å². The number of fused-ring (bicyclic) bond motifs is 1. The molecular weight excluding hydrogens is 344 g/mol. The molecule has 2 N–H and O–H groups in total. The zero-order valence-corrected chi connectivity index (χ0v) is 16.8. The van der Waals surface area contributed by atoms with Crippen molar-refractivity contribution in [2.75, 3.05) is 6.54 Å². The van der Waals surface area contributed by atoms with Crippen LogP contribution in [0.3, 0.4) is 0 Å². The Hall–Kier alpha value is -2.57. The summed E-state index contributed by atoms with van der Waals surface area (Å²) in [5.41, 5.74) is 0.408. The van der Waals surface area contributed by atoms with Crippen molar-refractivity contribution in [3.05, 3.63) is 36.4 Å². The molecule has 0 aliphatic rings. The normalized spacial score (nSPS) is 13.8. The van der Waals surface area contributed by atoms with Crippen molar-refractivity contribution in [3.63, 3.8) is 0 Å². The highest BCUT2D eigenvalue weighted by Crippen LogP contribution is 2.11. The molecule has 148 valence electrons. The largest absolute Gasteiger partial charge is 0.444 e. The first-order valence-electron chi connectivity index (χ1n) is 9.39. The van der Waals surface area contributed by atoms with Crippen molar-refractivity contribution >= 4 is 17.5 Å². The molecule has 0 spiro atoms. The second kappa shape index (κ2) is 8.88. The molecule has 2 heterocycles. The van der Waals surface area contributed by atoms with Crippen LogP contribution in [-0.4, -0.2) is 39.6 Å². The van der Waals surface area contributed by atoms with Crippen molar-refractivity contribution in [2.24, 2.45) is 5.92 Å². The molecule has 7 nitrogen and oxygen atoms in total. The zero-order chi connectivity index (χ0) is 20.0. The fourth-order valence-corrected chi connectivity index (χ4v) is 2.73. The van der Waals surface area contributed by atoms with Gasteiger partial charge in [-0.25, -0.2) is 9.78 Å². The highest BCUT2D eigenvalue weighted by molar-refractivity contribution is 5.85. The van der Waals surface area contributed by atoms with Crippen molar-refractivity contribution in [2.45, 2.75) is 59.1 Å². The molecule has 2 unspecified atom stereocenters. The van der Waals surface area contributed by atoms with Crippen LogP contribution in [0.4, 0.5) is 4.79 Å². The number of pyridine rings is 1. The Morgan fingerprint density at radius 3 is 2.70 bits per heavy atom. The summed E-state index contributed by atoms with van der Waals surface area (Å²) < 4.78 is 7.28. The van der Waals surface area contributed by atoms with Gasteiger partial charge in [0.2, 0.25) is 5.91 Å². The van der Waals surface area contributed by atoms with Gasteiger partial charge in [0.15, 0.2) is 0 Å². The van der Waals surface area contributed by atoms with Crippen LogP contribution in [-0.2, 0) is 16.0 Å². The van der Waals surface area contributed by atoms with Gasteiger partial charge in [-0.05, 0) is 38.8 Å². The topological polar surface area (TPSA) is 84.7 Å². The average molecular weight is 374 g/mol. The number of carbonyl (C=O) groups is 2. The molecule has 0 radical (unpaired) electrons. The van der Waals surface area contributed by atoms with Crippen LogP contribution >= 0.6 is 0 Å². The van der Waals surface area contributed by atoms with Gasteiger partial charge in [0.05, 0.1) is 11.7 Å². The van der Waals surface area contributed by atoms with Gasteiger partial charge >= 0.3 is 6.09 Å². The van der Waals surface area contributed by atoms with Crippen LogP contribution in [0.15, 0.2) is 30.6 Å². The second-order valence-electron chi connectivity index (χ2n) is 7.72. The van der Waals surface area contributed by atoms with Crippen LogP contribution < -0.4 is 10.6 Å². The number of alkyl carbamates (subject to hydrolysis) is 1. The fraction of sp³-hybridized carbons (Fsp3) is 0.550. The summed E-state index contributed by atoms with van der Waals surface area (Å²) >= 11 is 0. The minimum atomic E-state index is -0.637. The van der Waals surface area contributed by atoms with E-state index in [4.69, 9.17) is 4.74 Å². The maximum absolute atomic E-state index is 12.6. The van der Waals surface area contributed by atoms with E-state index in [9.17, 15) is 9.59 Å². The van der Waals surface area contributed by atoms with Gasteiger partial charge in [-0.1, -0.05) is 26.3 Å². The number of imidazole rings is 1. The van der Waals surface area contributed by atoms with Crippen molar-refractivity contribution in [1.82, 2.24) is 20.0 Å². The molecule has 0 saturated carbocycles. The van der Waals surface area contributed by atoms with E-state index in [-0.39, 0.29) is 11.8 Å². The van der Waals surface area contributed by atoms with Crippen molar-refractivity contribution in [1.29, 1.82) is 0 Å². The number of rotatable bonds is 7. The number of nitrogens with one attached hydrogen (secondary N) is 2. The standard InChI is InChI=1S/C20H30N4O3/c1-6-14(2)17(23-19(26)27-20(3,4)5)18(25)21-11-10-16-22-13-15-9-7-8-12-24(15)16/h7-9,12-14,17H,6,10-11H2,1-5H3,(H,21,25)(H,23,26).